The molecule has 4 heteroatoms. The van der Waals surface area contributed by atoms with Crippen molar-refractivity contribution in [1.29, 1.82) is 0 Å². The number of hydrogen-bond acceptors (Lipinski definition) is 3. The van der Waals surface area contributed by atoms with Crippen LogP contribution >= 0.6 is 11.8 Å². The summed E-state index contributed by atoms with van der Waals surface area (Å²) in [6.45, 7) is 3.58. The molecule has 1 aliphatic carbocycles. The fourth-order valence-electron chi connectivity index (χ4n) is 1.95. The van der Waals surface area contributed by atoms with Crippen LogP contribution in [-0.4, -0.2) is 29.5 Å². The van der Waals surface area contributed by atoms with Crippen LogP contribution in [0.4, 0.5) is 0 Å². The molecule has 3 N–H and O–H groups in total. The number of amides is 1. The highest BCUT2D eigenvalue weighted by atomic mass is 32.2. The van der Waals surface area contributed by atoms with Crippen LogP contribution in [0.25, 0.3) is 0 Å². The number of nitrogens with one attached hydrogen (secondary N) is 1. The van der Waals surface area contributed by atoms with Crippen LogP contribution in [0.1, 0.15) is 25.7 Å². The van der Waals surface area contributed by atoms with Gasteiger partial charge >= 0.3 is 0 Å². The summed E-state index contributed by atoms with van der Waals surface area (Å²) in [6, 6.07) is -0.131. The minimum atomic E-state index is -0.439. The lowest BCUT2D eigenvalue weighted by Crippen LogP contribution is -2.47. The number of nitrogens with two attached hydrogens (primary N) is 1. The first-order valence-corrected chi connectivity index (χ1v) is 6.67. The van der Waals surface area contributed by atoms with Crippen LogP contribution < -0.4 is 11.1 Å². The molecule has 0 aromatic carbocycles. The summed E-state index contributed by atoms with van der Waals surface area (Å²) in [6.07, 6.45) is 7.81. The number of thioether (sulfide) groups is 1. The van der Waals surface area contributed by atoms with E-state index in [9.17, 15) is 4.79 Å². The van der Waals surface area contributed by atoms with Crippen molar-refractivity contribution in [3.05, 3.63) is 12.7 Å². The van der Waals surface area contributed by atoms with E-state index in [-0.39, 0.29) is 5.91 Å². The molecule has 0 aromatic heterocycles. The Bertz CT molecular complexity index is 233. The molecule has 1 saturated carbocycles. The summed E-state index contributed by atoms with van der Waals surface area (Å²) in [5, 5.41) is 3.59. The zero-order valence-electron chi connectivity index (χ0n) is 9.24. The van der Waals surface area contributed by atoms with E-state index in [1.54, 1.807) is 6.08 Å². The Morgan fingerprint density at radius 2 is 2.47 bits per heavy atom. The lowest BCUT2D eigenvalue weighted by molar-refractivity contribution is -0.122. The van der Waals surface area contributed by atoms with Crippen LogP contribution in [0, 0.1) is 0 Å². The standard InChI is InChI=1S/C11H20N2OS/c1-3-5-8(12)11(14)13-9-6-4-7-10(9)15-2/h3,8-10H,1,4-7,12H2,2H3,(H,13,14). The normalized spacial score (nSPS) is 27.3. The monoisotopic (exact) mass is 228 g/mol. The van der Waals surface area contributed by atoms with Gasteiger partial charge in [-0.05, 0) is 25.5 Å². The molecule has 0 heterocycles. The van der Waals surface area contributed by atoms with Gasteiger partial charge in [0.1, 0.15) is 0 Å². The van der Waals surface area contributed by atoms with E-state index >= 15 is 0 Å². The van der Waals surface area contributed by atoms with Crippen LogP contribution in [0.15, 0.2) is 12.7 Å². The zero-order valence-corrected chi connectivity index (χ0v) is 10.1. The van der Waals surface area contributed by atoms with Crippen molar-refractivity contribution in [2.45, 2.75) is 43.0 Å². The molecule has 3 unspecified atom stereocenters. The highest BCUT2D eigenvalue weighted by molar-refractivity contribution is 7.99. The molecule has 1 fully saturated rings. The molecule has 1 amide bonds. The van der Waals surface area contributed by atoms with Gasteiger partial charge < -0.3 is 11.1 Å². The average Bonchev–Trinajstić information content (AvgIpc) is 2.65. The van der Waals surface area contributed by atoms with Gasteiger partial charge in [0.25, 0.3) is 0 Å². The zero-order chi connectivity index (χ0) is 11.3. The average molecular weight is 228 g/mol. The van der Waals surface area contributed by atoms with Crippen LogP contribution in [0.2, 0.25) is 0 Å². The van der Waals surface area contributed by atoms with Gasteiger partial charge in [-0.3, -0.25) is 4.79 Å². The van der Waals surface area contributed by atoms with Crippen LogP contribution in [0.3, 0.4) is 0 Å². The van der Waals surface area contributed by atoms with E-state index in [0.29, 0.717) is 17.7 Å². The lowest BCUT2D eigenvalue weighted by Gasteiger charge is -2.21. The van der Waals surface area contributed by atoms with Gasteiger partial charge in [-0.1, -0.05) is 12.5 Å². The Kier molecular flexibility index (Phi) is 5.19. The summed E-state index contributed by atoms with van der Waals surface area (Å²) >= 11 is 1.83. The number of carbonyl (C=O) groups excluding carboxylic acids is 1. The molecular weight excluding hydrogens is 208 g/mol. The van der Waals surface area contributed by atoms with Crippen molar-refractivity contribution in [2.75, 3.05) is 6.26 Å². The highest BCUT2D eigenvalue weighted by Crippen LogP contribution is 2.28. The molecule has 0 spiro atoms. The molecule has 0 saturated heterocycles. The van der Waals surface area contributed by atoms with Gasteiger partial charge in [0.15, 0.2) is 0 Å². The summed E-state index contributed by atoms with van der Waals surface area (Å²) in [5.41, 5.74) is 5.70. The highest BCUT2D eigenvalue weighted by Gasteiger charge is 2.28. The van der Waals surface area contributed by atoms with Crippen molar-refractivity contribution in [3.63, 3.8) is 0 Å². The third-order valence-corrected chi connectivity index (χ3v) is 4.01. The number of carbonyl (C=O) groups is 1. The maximum Gasteiger partial charge on any atom is 0.237 e. The Morgan fingerprint density at radius 3 is 3.07 bits per heavy atom. The van der Waals surface area contributed by atoms with E-state index in [1.165, 1.54) is 12.8 Å². The van der Waals surface area contributed by atoms with Gasteiger partial charge in [0.2, 0.25) is 5.91 Å². The van der Waals surface area contributed by atoms with Crippen molar-refractivity contribution in [3.8, 4) is 0 Å². The Balaban J connectivity index is 2.39. The maximum absolute atomic E-state index is 11.7. The quantitative estimate of drug-likeness (QED) is 0.697. The molecule has 0 aliphatic heterocycles. The second-order valence-electron chi connectivity index (χ2n) is 3.95. The molecule has 0 bridgehead atoms. The predicted octanol–water partition coefficient (Wildman–Crippen LogP) is 1.29. The summed E-state index contributed by atoms with van der Waals surface area (Å²) in [7, 11) is 0. The van der Waals surface area contributed by atoms with Gasteiger partial charge in [0.05, 0.1) is 6.04 Å². The summed E-state index contributed by atoms with van der Waals surface area (Å²) in [5.74, 6) is -0.0409. The van der Waals surface area contributed by atoms with Crippen molar-refractivity contribution < 1.29 is 4.79 Å². The third-order valence-electron chi connectivity index (χ3n) is 2.84. The van der Waals surface area contributed by atoms with E-state index < -0.39 is 6.04 Å². The summed E-state index contributed by atoms with van der Waals surface area (Å²) in [4.78, 5) is 11.7. The first kappa shape index (κ1) is 12.6. The minimum absolute atomic E-state index is 0.0409. The SMILES string of the molecule is C=CCC(N)C(=O)NC1CCCC1SC. The molecule has 0 aromatic rings. The Labute approximate surface area is 95.9 Å². The van der Waals surface area contributed by atoms with Crippen LogP contribution in [0.5, 0.6) is 0 Å². The van der Waals surface area contributed by atoms with E-state index in [2.05, 4.69) is 18.2 Å². The number of rotatable bonds is 5. The Morgan fingerprint density at radius 1 is 1.73 bits per heavy atom. The molecule has 3 nitrogen and oxygen atoms in total. The van der Waals surface area contributed by atoms with E-state index in [4.69, 9.17) is 5.73 Å². The number of hydrogen-bond donors (Lipinski definition) is 2. The van der Waals surface area contributed by atoms with Crippen molar-refractivity contribution >= 4 is 17.7 Å². The topological polar surface area (TPSA) is 55.1 Å². The van der Waals surface area contributed by atoms with Crippen LogP contribution in [-0.2, 0) is 4.79 Å². The Hall–Kier alpha value is -0.480. The lowest BCUT2D eigenvalue weighted by atomic mass is 10.1. The van der Waals surface area contributed by atoms with E-state index in [0.717, 1.165) is 6.42 Å². The van der Waals surface area contributed by atoms with Crippen molar-refractivity contribution in [2.24, 2.45) is 5.73 Å². The first-order valence-electron chi connectivity index (χ1n) is 5.38. The third kappa shape index (κ3) is 3.54. The first-order chi connectivity index (χ1) is 7.19. The second kappa shape index (κ2) is 6.18. The molecule has 1 aliphatic rings. The molecule has 86 valence electrons. The predicted molar refractivity (Wildman–Crippen MR) is 65.9 cm³/mol. The van der Waals surface area contributed by atoms with Gasteiger partial charge in [0, 0.05) is 11.3 Å². The largest absolute Gasteiger partial charge is 0.351 e. The second-order valence-corrected chi connectivity index (χ2v) is 5.03. The van der Waals surface area contributed by atoms with Gasteiger partial charge in [-0.25, -0.2) is 0 Å². The fraction of sp³-hybridized carbons (Fsp3) is 0.727. The molecular formula is C11H20N2OS. The summed E-state index contributed by atoms with van der Waals surface area (Å²) < 4.78 is 0. The van der Waals surface area contributed by atoms with Gasteiger partial charge in [-0.15, -0.1) is 6.58 Å². The molecule has 3 atom stereocenters. The van der Waals surface area contributed by atoms with E-state index in [1.807, 2.05) is 11.8 Å². The smallest absolute Gasteiger partial charge is 0.237 e. The molecule has 1 rings (SSSR count). The maximum atomic E-state index is 11.7. The minimum Gasteiger partial charge on any atom is -0.351 e. The fourth-order valence-corrected chi connectivity index (χ4v) is 2.88. The molecule has 15 heavy (non-hydrogen) atoms. The molecule has 0 radical (unpaired) electrons. The van der Waals surface area contributed by atoms with Crippen molar-refractivity contribution in [1.82, 2.24) is 5.32 Å². The van der Waals surface area contributed by atoms with Gasteiger partial charge in [-0.2, -0.15) is 11.8 Å².